The minimum Gasteiger partial charge on any atom is -0.330 e. The predicted octanol–water partition coefficient (Wildman–Crippen LogP) is 5.18. The highest BCUT2D eigenvalue weighted by Crippen LogP contribution is 2.40. The summed E-state index contributed by atoms with van der Waals surface area (Å²) in [6.07, 6.45) is 4.84. The number of benzene rings is 1. The molecule has 1 aliphatic carbocycles. The molecule has 20 heavy (non-hydrogen) atoms. The lowest BCUT2D eigenvalue weighted by atomic mass is 9.69. The Kier molecular flexibility index (Phi) is 5.77. The second kappa shape index (κ2) is 7.15. The van der Waals surface area contributed by atoms with E-state index in [9.17, 15) is 0 Å². The lowest BCUT2D eigenvalue weighted by molar-refractivity contribution is 0.151. The Morgan fingerprint density at radius 3 is 2.60 bits per heavy atom. The van der Waals surface area contributed by atoms with Gasteiger partial charge in [0.1, 0.15) is 0 Å². The first-order valence-corrected chi connectivity index (χ1v) is 8.41. The van der Waals surface area contributed by atoms with Crippen LogP contribution in [0.15, 0.2) is 18.2 Å². The van der Waals surface area contributed by atoms with Crippen LogP contribution in [0.2, 0.25) is 10.0 Å². The smallest absolute Gasteiger partial charge is 0.0624 e. The van der Waals surface area contributed by atoms with Gasteiger partial charge in [0.2, 0.25) is 0 Å². The average Bonchev–Trinajstić information content (AvgIpc) is 2.43. The summed E-state index contributed by atoms with van der Waals surface area (Å²) in [5.74, 6) is 2.84. The third-order valence-electron chi connectivity index (χ3n) is 4.94. The predicted molar refractivity (Wildman–Crippen MR) is 88.4 cm³/mol. The van der Waals surface area contributed by atoms with Crippen molar-refractivity contribution in [3.05, 3.63) is 33.8 Å². The van der Waals surface area contributed by atoms with Gasteiger partial charge in [-0.1, -0.05) is 49.2 Å². The molecule has 112 valence electrons. The lowest BCUT2D eigenvalue weighted by Gasteiger charge is -2.37. The Balaban J connectivity index is 2.13. The van der Waals surface area contributed by atoms with Gasteiger partial charge < -0.3 is 5.73 Å². The first-order valence-electron chi connectivity index (χ1n) is 7.65. The molecule has 1 aliphatic rings. The van der Waals surface area contributed by atoms with Crippen LogP contribution in [0.4, 0.5) is 0 Å². The van der Waals surface area contributed by atoms with E-state index in [0.29, 0.717) is 16.9 Å². The number of nitrogens with two attached hydrogens (primary N) is 1. The van der Waals surface area contributed by atoms with E-state index in [1.807, 2.05) is 12.1 Å². The quantitative estimate of drug-likeness (QED) is 0.814. The first-order chi connectivity index (χ1) is 9.52. The van der Waals surface area contributed by atoms with Crippen molar-refractivity contribution < 1.29 is 0 Å². The van der Waals surface area contributed by atoms with Crippen molar-refractivity contribution >= 4 is 23.2 Å². The highest BCUT2D eigenvalue weighted by atomic mass is 35.5. The Morgan fingerprint density at radius 2 is 1.95 bits per heavy atom. The van der Waals surface area contributed by atoms with Crippen molar-refractivity contribution in [3.8, 4) is 0 Å². The molecule has 0 spiro atoms. The molecule has 2 rings (SSSR count). The van der Waals surface area contributed by atoms with Crippen LogP contribution in [0.1, 0.15) is 38.7 Å². The van der Waals surface area contributed by atoms with Gasteiger partial charge in [0.05, 0.1) is 10.0 Å². The van der Waals surface area contributed by atoms with Crippen molar-refractivity contribution in [2.75, 3.05) is 6.54 Å². The first kappa shape index (κ1) is 16.1. The molecule has 0 aliphatic heterocycles. The van der Waals surface area contributed by atoms with Gasteiger partial charge in [0.15, 0.2) is 0 Å². The summed E-state index contributed by atoms with van der Waals surface area (Å²) in [6.45, 7) is 5.45. The zero-order valence-electron chi connectivity index (χ0n) is 12.4. The maximum absolute atomic E-state index is 6.34. The lowest BCUT2D eigenvalue weighted by Crippen LogP contribution is -2.33. The second-order valence-corrected chi connectivity index (χ2v) is 7.28. The van der Waals surface area contributed by atoms with Gasteiger partial charge in [-0.2, -0.15) is 0 Å². The van der Waals surface area contributed by atoms with E-state index in [2.05, 4.69) is 19.9 Å². The van der Waals surface area contributed by atoms with Gasteiger partial charge in [-0.3, -0.25) is 0 Å². The molecule has 1 fully saturated rings. The van der Waals surface area contributed by atoms with E-state index < -0.39 is 0 Å². The summed E-state index contributed by atoms with van der Waals surface area (Å²) in [5, 5.41) is 1.38. The normalized spacial score (nSPS) is 27.0. The molecule has 0 radical (unpaired) electrons. The topological polar surface area (TPSA) is 26.0 Å². The third kappa shape index (κ3) is 3.69. The summed E-state index contributed by atoms with van der Waals surface area (Å²) in [5.41, 5.74) is 7.15. The van der Waals surface area contributed by atoms with Gasteiger partial charge in [0, 0.05) is 0 Å². The highest BCUT2D eigenvalue weighted by Gasteiger charge is 2.31. The number of rotatable bonds is 4. The number of hydrogen-bond donors (Lipinski definition) is 1. The monoisotopic (exact) mass is 313 g/mol. The van der Waals surface area contributed by atoms with Gasteiger partial charge in [-0.25, -0.2) is 0 Å². The maximum Gasteiger partial charge on any atom is 0.0624 e. The molecule has 2 N–H and O–H groups in total. The Hall–Kier alpha value is -0.240. The SMILES string of the molecule is CC(C)C1CCC(CN)C(Cc2cccc(Cl)c2Cl)C1. The van der Waals surface area contributed by atoms with Crippen molar-refractivity contribution in [2.45, 2.75) is 39.5 Å². The van der Waals surface area contributed by atoms with Crippen LogP contribution in [0.3, 0.4) is 0 Å². The fourth-order valence-corrected chi connectivity index (χ4v) is 3.91. The van der Waals surface area contributed by atoms with Crippen molar-refractivity contribution in [2.24, 2.45) is 29.4 Å². The summed E-state index contributed by atoms with van der Waals surface area (Å²) in [6, 6.07) is 5.94. The Bertz CT molecular complexity index is 445. The van der Waals surface area contributed by atoms with E-state index in [1.165, 1.54) is 24.8 Å². The van der Waals surface area contributed by atoms with E-state index in [0.717, 1.165) is 29.8 Å². The molecule has 1 aromatic rings. The molecule has 1 saturated carbocycles. The van der Waals surface area contributed by atoms with Crippen LogP contribution in [0.5, 0.6) is 0 Å². The molecule has 0 saturated heterocycles. The molecular formula is C17H25Cl2N. The fourth-order valence-electron chi connectivity index (χ4n) is 3.52. The number of halogens is 2. The van der Waals surface area contributed by atoms with E-state index in [4.69, 9.17) is 28.9 Å². The van der Waals surface area contributed by atoms with Gasteiger partial charge in [-0.05, 0) is 67.5 Å². The zero-order chi connectivity index (χ0) is 14.7. The molecular weight excluding hydrogens is 289 g/mol. The molecule has 3 unspecified atom stereocenters. The third-order valence-corrected chi connectivity index (χ3v) is 5.80. The molecule has 0 heterocycles. The van der Waals surface area contributed by atoms with Crippen LogP contribution >= 0.6 is 23.2 Å². The van der Waals surface area contributed by atoms with Gasteiger partial charge in [-0.15, -0.1) is 0 Å². The summed E-state index contributed by atoms with van der Waals surface area (Å²) in [4.78, 5) is 0. The van der Waals surface area contributed by atoms with Crippen LogP contribution in [-0.4, -0.2) is 6.54 Å². The summed E-state index contributed by atoms with van der Waals surface area (Å²) in [7, 11) is 0. The second-order valence-electron chi connectivity index (χ2n) is 6.49. The van der Waals surface area contributed by atoms with Gasteiger partial charge >= 0.3 is 0 Å². The Morgan fingerprint density at radius 1 is 1.20 bits per heavy atom. The molecule has 3 heteroatoms. The Labute approximate surface area is 132 Å². The summed E-state index contributed by atoms with van der Waals surface area (Å²) >= 11 is 12.5. The van der Waals surface area contributed by atoms with Crippen LogP contribution in [0, 0.1) is 23.7 Å². The molecule has 3 atom stereocenters. The zero-order valence-corrected chi connectivity index (χ0v) is 13.9. The van der Waals surface area contributed by atoms with Crippen molar-refractivity contribution in [1.29, 1.82) is 0 Å². The standard InChI is InChI=1S/C17H25Cl2N/c1-11(2)12-6-7-14(10-20)15(8-12)9-13-4-3-5-16(18)17(13)19/h3-5,11-12,14-15H,6-10,20H2,1-2H3. The van der Waals surface area contributed by atoms with Gasteiger partial charge in [0.25, 0.3) is 0 Å². The largest absolute Gasteiger partial charge is 0.330 e. The fraction of sp³-hybridized carbons (Fsp3) is 0.647. The van der Waals surface area contributed by atoms with E-state index >= 15 is 0 Å². The van der Waals surface area contributed by atoms with Crippen molar-refractivity contribution in [3.63, 3.8) is 0 Å². The van der Waals surface area contributed by atoms with E-state index in [-0.39, 0.29) is 0 Å². The maximum atomic E-state index is 6.34. The molecule has 0 aromatic heterocycles. The van der Waals surface area contributed by atoms with Crippen LogP contribution < -0.4 is 5.73 Å². The summed E-state index contributed by atoms with van der Waals surface area (Å²) < 4.78 is 0. The highest BCUT2D eigenvalue weighted by molar-refractivity contribution is 6.42. The van der Waals surface area contributed by atoms with E-state index in [1.54, 1.807) is 0 Å². The number of hydrogen-bond acceptors (Lipinski definition) is 1. The molecule has 1 nitrogen and oxygen atoms in total. The van der Waals surface area contributed by atoms with Crippen LogP contribution in [-0.2, 0) is 6.42 Å². The molecule has 1 aromatic carbocycles. The van der Waals surface area contributed by atoms with Crippen molar-refractivity contribution in [1.82, 2.24) is 0 Å². The van der Waals surface area contributed by atoms with Crippen LogP contribution in [0.25, 0.3) is 0 Å². The molecule has 0 bridgehead atoms. The average molecular weight is 314 g/mol. The minimum absolute atomic E-state index is 0.625. The molecule has 0 amide bonds. The minimum atomic E-state index is 0.625.